The molecule has 0 aliphatic rings. The van der Waals surface area contributed by atoms with E-state index in [-0.39, 0.29) is 16.0 Å². The molecule has 0 saturated heterocycles. The van der Waals surface area contributed by atoms with E-state index in [1.54, 1.807) is 44.2 Å². The van der Waals surface area contributed by atoms with E-state index in [1.807, 2.05) is 6.07 Å². The van der Waals surface area contributed by atoms with Crippen LogP contribution >= 0.6 is 11.3 Å². The van der Waals surface area contributed by atoms with Gasteiger partial charge < -0.3 is 5.11 Å². The molecule has 25 heavy (non-hydrogen) atoms. The van der Waals surface area contributed by atoms with Crippen LogP contribution in [0.4, 0.5) is 4.39 Å². The van der Waals surface area contributed by atoms with Gasteiger partial charge in [-0.05, 0) is 25.5 Å². The maximum absolute atomic E-state index is 14.0. The minimum absolute atomic E-state index is 0.135. The summed E-state index contributed by atoms with van der Waals surface area (Å²) in [5, 5.41) is 18.8. The molecule has 6 heteroatoms. The zero-order chi connectivity index (χ0) is 18.6. The van der Waals surface area contributed by atoms with Crippen LogP contribution in [0.3, 0.4) is 0 Å². The second-order valence-electron chi connectivity index (χ2n) is 5.24. The Morgan fingerprint density at radius 2 is 2.08 bits per heavy atom. The number of aromatic nitrogens is 1. The molecule has 2 aromatic rings. The normalized spacial score (nSPS) is 11.9. The van der Waals surface area contributed by atoms with Gasteiger partial charge in [-0.3, -0.25) is 0 Å². The number of hydrogen-bond acceptors (Lipinski definition) is 4. The highest BCUT2D eigenvalue weighted by molar-refractivity contribution is 7.14. The minimum Gasteiger partial charge on any atom is -0.477 e. The topological polar surface area (TPSA) is 74.0 Å². The highest BCUT2D eigenvalue weighted by Gasteiger charge is 2.15. The minimum atomic E-state index is -1.02. The average Bonchev–Trinajstić information content (AvgIpc) is 2.98. The number of benzene rings is 1. The number of hydrogen-bond donors (Lipinski definition) is 1. The molecule has 1 N–H and O–H groups in total. The molecule has 0 atom stereocenters. The first-order valence-electron chi connectivity index (χ1n) is 7.29. The van der Waals surface area contributed by atoms with Crippen molar-refractivity contribution in [2.45, 2.75) is 13.8 Å². The van der Waals surface area contributed by atoms with E-state index in [0.717, 1.165) is 11.3 Å². The predicted molar refractivity (Wildman–Crippen MR) is 96.6 cm³/mol. The number of carboxylic acids is 1. The molecule has 0 spiro atoms. The Morgan fingerprint density at radius 3 is 2.64 bits per heavy atom. The molecule has 1 aromatic heterocycles. The number of carboxylic acid groups (broad SMARTS) is 1. The van der Waals surface area contributed by atoms with E-state index in [0.29, 0.717) is 21.8 Å². The summed E-state index contributed by atoms with van der Waals surface area (Å²) >= 11 is 1.07. The Morgan fingerprint density at radius 1 is 1.40 bits per heavy atom. The smallest absolute Gasteiger partial charge is 0.347 e. The van der Waals surface area contributed by atoms with Crippen LogP contribution in [0, 0.1) is 24.1 Å². The van der Waals surface area contributed by atoms with Crippen molar-refractivity contribution in [1.82, 2.24) is 4.98 Å². The first kappa shape index (κ1) is 18.3. The summed E-state index contributed by atoms with van der Waals surface area (Å²) < 4.78 is 14.0. The van der Waals surface area contributed by atoms with Gasteiger partial charge in [0.05, 0.1) is 17.3 Å². The Bertz CT molecular complexity index is 949. The van der Waals surface area contributed by atoms with Crippen LogP contribution in [-0.4, -0.2) is 16.1 Å². The van der Waals surface area contributed by atoms with Gasteiger partial charge in [0.1, 0.15) is 15.7 Å². The molecule has 0 aliphatic heterocycles. The van der Waals surface area contributed by atoms with Gasteiger partial charge in [0.25, 0.3) is 0 Å². The number of nitrogens with zero attached hydrogens (tertiary/aromatic N) is 2. The van der Waals surface area contributed by atoms with E-state index < -0.39 is 11.8 Å². The summed E-state index contributed by atoms with van der Waals surface area (Å²) in [4.78, 5) is 15.6. The molecule has 0 radical (unpaired) electrons. The molecule has 0 saturated carbocycles. The van der Waals surface area contributed by atoms with Gasteiger partial charge in [0, 0.05) is 11.1 Å². The predicted octanol–water partition coefficient (Wildman–Crippen LogP) is 4.86. The van der Waals surface area contributed by atoms with Gasteiger partial charge in [-0.25, -0.2) is 14.2 Å². The lowest BCUT2D eigenvalue weighted by Crippen LogP contribution is -1.94. The van der Waals surface area contributed by atoms with Gasteiger partial charge in [0.15, 0.2) is 0 Å². The maximum Gasteiger partial charge on any atom is 0.347 e. The number of thiazole rings is 1. The van der Waals surface area contributed by atoms with Crippen LogP contribution < -0.4 is 0 Å². The average molecular weight is 354 g/mol. The molecule has 2 rings (SSSR count). The lowest BCUT2D eigenvalue weighted by molar-refractivity contribution is 0.0701. The highest BCUT2D eigenvalue weighted by Crippen LogP contribution is 2.27. The van der Waals surface area contributed by atoms with Crippen molar-refractivity contribution in [2.24, 2.45) is 0 Å². The molecule has 126 valence electrons. The Labute approximate surface area is 148 Å². The Hall–Kier alpha value is -3.04. The number of rotatable bonds is 5. The van der Waals surface area contributed by atoms with Crippen molar-refractivity contribution >= 4 is 28.5 Å². The van der Waals surface area contributed by atoms with E-state index in [1.165, 1.54) is 6.07 Å². The van der Waals surface area contributed by atoms with Crippen LogP contribution in [0.15, 0.2) is 48.6 Å². The van der Waals surface area contributed by atoms with Crippen molar-refractivity contribution in [3.8, 4) is 6.07 Å². The second-order valence-corrected chi connectivity index (χ2v) is 6.24. The Balaban J connectivity index is 2.47. The number of nitriles is 1. The van der Waals surface area contributed by atoms with Gasteiger partial charge in [0.2, 0.25) is 0 Å². The van der Waals surface area contributed by atoms with Gasteiger partial charge in [-0.15, -0.1) is 11.3 Å². The van der Waals surface area contributed by atoms with E-state index in [4.69, 9.17) is 10.4 Å². The van der Waals surface area contributed by atoms with Crippen LogP contribution in [0.1, 0.15) is 32.9 Å². The number of carbonyl (C=O) groups is 1. The van der Waals surface area contributed by atoms with Gasteiger partial charge >= 0.3 is 5.97 Å². The molecule has 0 amide bonds. The summed E-state index contributed by atoms with van der Waals surface area (Å²) in [7, 11) is 0. The third kappa shape index (κ3) is 4.08. The third-order valence-corrected chi connectivity index (χ3v) is 4.73. The SMILES string of the molecule is C=C(C#N)/C(=C\C=C(/C)c1nc(C)c(C(=O)O)s1)c1ccccc1F. The van der Waals surface area contributed by atoms with Gasteiger partial charge in [-0.2, -0.15) is 5.26 Å². The monoisotopic (exact) mass is 354 g/mol. The Kier molecular flexibility index (Phi) is 5.63. The molecule has 0 unspecified atom stereocenters. The van der Waals surface area contributed by atoms with E-state index in [2.05, 4.69) is 11.6 Å². The summed E-state index contributed by atoms with van der Waals surface area (Å²) in [6.45, 7) is 7.07. The zero-order valence-electron chi connectivity index (χ0n) is 13.7. The molecular weight excluding hydrogens is 339 g/mol. The fraction of sp³-hybridized carbons (Fsp3) is 0.105. The molecule has 0 bridgehead atoms. The molecule has 4 nitrogen and oxygen atoms in total. The first-order chi connectivity index (χ1) is 11.8. The van der Waals surface area contributed by atoms with Crippen molar-refractivity contribution in [3.05, 3.63) is 75.5 Å². The second kappa shape index (κ2) is 7.69. The molecular formula is C19H15FN2O2S. The van der Waals surface area contributed by atoms with Crippen molar-refractivity contribution in [2.75, 3.05) is 0 Å². The maximum atomic E-state index is 14.0. The number of aryl methyl sites for hydroxylation is 1. The fourth-order valence-corrected chi connectivity index (χ4v) is 3.02. The highest BCUT2D eigenvalue weighted by atomic mass is 32.1. The molecule has 1 heterocycles. The number of halogens is 1. The number of aromatic carboxylic acids is 1. The summed E-state index contributed by atoms with van der Waals surface area (Å²) in [6, 6.07) is 8.06. The summed E-state index contributed by atoms with van der Waals surface area (Å²) in [6.07, 6.45) is 3.27. The molecule has 1 aromatic carbocycles. The van der Waals surface area contributed by atoms with Crippen molar-refractivity contribution < 1.29 is 14.3 Å². The lowest BCUT2D eigenvalue weighted by Gasteiger charge is -2.06. The van der Waals surface area contributed by atoms with Crippen molar-refractivity contribution in [3.63, 3.8) is 0 Å². The lowest BCUT2D eigenvalue weighted by atomic mass is 9.98. The fourth-order valence-electron chi connectivity index (χ4n) is 2.14. The van der Waals surface area contributed by atoms with E-state index in [9.17, 15) is 9.18 Å². The largest absolute Gasteiger partial charge is 0.477 e. The standard InChI is InChI=1S/C19H15FN2O2S/c1-11(18-22-13(3)17(25-18)19(23)24)8-9-14(12(2)10-21)15-6-4-5-7-16(15)20/h4-9H,2H2,1,3H3,(H,23,24)/b11-8+,14-9+. The summed E-state index contributed by atoms with van der Waals surface area (Å²) in [5.41, 5.74) is 1.93. The third-order valence-electron chi connectivity index (χ3n) is 3.45. The van der Waals surface area contributed by atoms with Crippen LogP contribution in [0.5, 0.6) is 0 Å². The molecule has 0 fully saturated rings. The quantitative estimate of drug-likeness (QED) is 0.615. The van der Waals surface area contributed by atoms with E-state index >= 15 is 0 Å². The number of allylic oxidation sites excluding steroid dienone is 5. The van der Waals surface area contributed by atoms with Crippen LogP contribution in [0.25, 0.3) is 11.1 Å². The van der Waals surface area contributed by atoms with Gasteiger partial charge in [-0.1, -0.05) is 36.9 Å². The first-order valence-corrected chi connectivity index (χ1v) is 8.10. The van der Waals surface area contributed by atoms with Crippen LogP contribution in [-0.2, 0) is 0 Å². The zero-order valence-corrected chi connectivity index (χ0v) is 14.5. The van der Waals surface area contributed by atoms with Crippen LogP contribution in [0.2, 0.25) is 0 Å². The summed E-state index contributed by atoms with van der Waals surface area (Å²) in [5.74, 6) is -1.47. The molecule has 0 aliphatic carbocycles. The van der Waals surface area contributed by atoms with Crippen molar-refractivity contribution in [1.29, 1.82) is 5.26 Å².